The number of aromatic nitrogens is 1. The quantitative estimate of drug-likeness (QED) is 0.666. The summed E-state index contributed by atoms with van der Waals surface area (Å²) in [6.07, 6.45) is 0.725. The number of aromatic amines is 1. The highest BCUT2D eigenvalue weighted by atomic mass is 32.1. The summed E-state index contributed by atoms with van der Waals surface area (Å²) in [5.74, 6) is -0.206. The summed E-state index contributed by atoms with van der Waals surface area (Å²) in [6.45, 7) is 2.63. The molecule has 15 heavy (non-hydrogen) atoms. The largest absolute Gasteiger partial charge is 0.350 e. The maximum atomic E-state index is 11.5. The SMILES string of the molecule is CCC(CN)C(=O)NCc1csc(=O)[nH]1. The molecule has 1 amide bonds. The Bertz CT molecular complexity index is 367. The molecule has 1 heterocycles. The summed E-state index contributed by atoms with van der Waals surface area (Å²) in [7, 11) is 0. The van der Waals surface area contributed by atoms with E-state index in [1.807, 2.05) is 6.92 Å². The second-order valence-electron chi connectivity index (χ2n) is 3.23. The monoisotopic (exact) mass is 229 g/mol. The van der Waals surface area contributed by atoms with Crippen LogP contribution >= 0.6 is 11.3 Å². The van der Waals surface area contributed by atoms with Crippen molar-refractivity contribution >= 4 is 17.2 Å². The van der Waals surface area contributed by atoms with Gasteiger partial charge in [-0.15, -0.1) is 0 Å². The molecular weight excluding hydrogens is 214 g/mol. The number of nitrogens with two attached hydrogens (primary N) is 1. The summed E-state index contributed by atoms with van der Waals surface area (Å²) in [5.41, 5.74) is 6.17. The van der Waals surface area contributed by atoms with Crippen molar-refractivity contribution in [3.05, 3.63) is 20.7 Å². The molecule has 0 aliphatic rings. The Morgan fingerprint density at radius 1 is 1.73 bits per heavy atom. The van der Waals surface area contributed by atoms with Gasteiger partial charge in [0, 0.05) is 23.5 Å². The molecule has 0 aliphatic carbocycles. The van der Waals surface area contributed by atoms with Gasteiger partial charge in [-0.1, -0.05) is 18.3 Å². The molecular formula is C9H15N3O2S. The number of rotatable bonds is 5. The molecule has 0 aliphatic heterocycles. The van der Waals surface area contributed by atoms with Crippen LogP contribution in [0.4, 0.5) is 0 Å². The predicted molar refractivity (Wildman–Crippen MR) is 59.6 cm³/mol. The first-order valence-corrected chi connectivity index (χ1v) is 5.69. The molecule has 5 nitrogen and oxygen atoms in total. The minimum Gasteiger partial charge on any atom is -0.350 e. The Balaban J connectivity index is 2.43. The first-order chi connectivity index (χ1) is 7.17. The lowest BCUT2D eigenvalue weighted by atomic mass is 10.1. The molecule has 1 atom stereocenters. The summed E-state index contributed by atoms with van der Waals surface area (Å²) in [5, 5.41) is 4.43. The summed E-state index contributed by atoms with van der Waals surface area (Å²) in [6, 6.07) is 0. The standard InChI is InChI=1S/C9H15N3O2S/c1-2-6(3-10)8(13)11-4-7-5-15-9(14)12-7/h5-6H,2-4,10H2,1H3,(H,11,13)(H,12,14). The van der Waals surface area contributed by atoms with E-state index < -0.39 is 0 Å². The maximum absolute atomic E-state index is 11.5. The van der Waals surface area contributed by atoms with Gasteiger partial charge in [0.05, 0.1) is 6.54 Å². The van der Waals surface area contributed by atoms with Gasteiger partial charge in [-0.25, -0.2) is 0 Å². The van der Waals surface area contributed by atoms with Gasteiger partial charge in [0.1, 0.15) is 0 Å². The average molecular weight is 229 g/mol. The fourth-order valence-electron chi connectivity index (χ4n) is 1.19. The molecule has 0 bridgehead atoms. The average Bonchev–Trinajstić information content (AvgIpc) is 2.63. The number of nitrogens with one attached hydrogen (secondary N) is 2. The topological polar surface area (TPSA) is 88.0 Å². The lowest BCUT2D eigenvalue weighted by molar-refractivity contribution is -0.124. The van der Waals surface area contributed by atoms with Crippen LogP contribution in [0.5, 0.6) is 0 Å². The van der Waals surface area contributed by atoms with Crippen molar-refractivity contribution < 1.29 is 4.79 Å². The van der Waals surface area contributed by atoms with Crippen molar-refractivity contribution in [1.29, 1.82) is 0 Å². The molecule has 6 heteroatoms. The fourth-order valence-corrected chi connectivity index (χ4v) is 1.77. The Hall–Kier alpha value is -1.14. The second kappa shape index (κ2) is 5.67. The molecule has 0 saturated carbocycles. The van der Waals surface area contributed by atoms with E-state index in [4.69, 9.17) is 5.73 Å². The van der Waals surface area contributed by atoms with Crippen molar-refractivity contribution in [2.24, 2.45) is 11.7 Å². The Morgan fingerprint density at radius 3 is 2.93 bits per heavy atom. The van der Waals surface area contributed by atoms with Crippen molar-refractivity contribution in [1.82, 2.24) is 10.3 Å². The van der Waals surface area contributed by atoms with E-state index in [9.17, 15) is 9.59 Å². The summed E-state index contributed by atoms with van der Waals surface area (Å²) in [4.78, 5) is 24.8. The number of H-pyrrole nitrogens is 1. The first-order valence-electron chi connectivity index (χ1n) is 4.81. The maximum Gasteiger partial charge on any atom is 0.304 e. The molecule has 1 unspecified atom stereocenters. The molecule has 1 aromatic rings. The highest BCUT2D eigenvalue weighted by Gasteiger charge is 2.13. The Kier molecular flexibility index (Phi) is 4.51. The zero-order valence-electron chi connectivity index (χ0n) is 8.58. The van der Waals surface area contributed by atoms with E-state index in [0.717, 1.165) is 23.5 Å². The van der Waals surface area contributed by atoms with Crippen LogP contribution in [0.15, 0.2) is 10.2 Å². The third kappa shape index (κ3) is 3.49. The summed E-state index contributed by atoms with van der Waals surface area (Å²) < 4.78 is 0. The number of amides is 1. The van der Waals surface area contributed by atoms with E-state index in [1.165, 1.54) is 0 Å². The normalized spacial score (nSPS) is 12.4. The second-order valence-corrected chi connectivity index (χ2v) is 4.07. The molecule has 1 rings (SSSR count). The van der Waals surface area contributed by atoms with Gasteiger partial charge in [-0.2, -0.15) is 0 Å². The minimum atomic E-state index is -0.143. The predicted octanol–water partition coefficient (Wildman–Crippen LogP) is 0.0375. The molecule has 0 aromatic carbocycles. The van der Waals surface area contributed by atoms with E-state index in [2.05, 4.69) is 10.3 Å². The van der Waals surface area contributed by atoms with Gasteiger partial charge in [-0.3, -0.25) is 9.59 Å². The third-order valence-corrected chi connectivity index (χ3v) is 2.89. The van der Waals surface area contributed by atoms with Crippen LogP contribution in [-0.4, -0.2) is 17.4 Å². The Morgan fingerprint density at radius 2 is 2.47 bits per heavy atom. The fraction of sp³-hybridized carbons (Fsp3) is 0.556. The highest BCUT2D eigenvalue weighted by molar-refractivity contribution is 7.07. The first kappa shape index (κ1) is 11.9. The lowest BCUT2D eigenvalue weighted by Crippen LogP contribution is -2.34. The molecule has 0 saturated heterocycles. The Labute approximate surface area is 91.7 Å². The van der Waals surface area contributed by atoms with Gasteiger partial charge in [0.2, 0.25) is 5.91 Å². The van der Waals surface area contributed by atoms with Crippen LogP contribution in [0.2, 0.25) is 0 Å². The number of carbonyl (C=O) groups excluding carboxylic acids is 1. The molecule has 1 aromatic heterocycles. The van der Waals surface area contributed by atoms with E-state index >= 15 is 0 Å². The van der Waals surface area contributed by atoms with Crippen LogP contribution in [0.3, 0.4) is 0 Å². The molecule has 0 radical (unpaired) electrons. The van der Waals surface area contributed by atoms with Crippen LogP contribution in [-0.2, 0) is 11.3 Å². The number of thiazole rings is 1. The van der Waals surface area contributed by atoms with Gasteiger partial charge in [0.15, 0.2) is 0 Å². The highest BCUT2D eigenvalue weighted by Crippen LogP contribution is 2.01. The van der Waals surface area contributed by atoms with E-state index in [-0.39, 0.29) is 16.7 Å². The molecule has 0 spiro atoms. The number of hydrogen-bond acceptors (Lipinski definition) is 4. The minimum absolute atomic E-state index is 0.0629. The zero-order valence-corrected chi connectivity index (χ0v) is 9.39. The lowest BCUT2D eigenvalue weighted by Gasteiger charge is -2.11. The van der Waals surface area contributed by atoms with Crippen molar-refractivity contribution in [2.75, 3.05) is 6.54 Å². The van der Waals surface area contributed by atoms with E-state index in [0.29, 0.717) is 13.1 Å². The van der Waals surface area contributed by atoms with Crippen molar-refractivity contribution in [3.8, 4) is 0 Å². The van der Waals surface area contributed by atoms with Gasteiger partial charge in [-0.05, 0) is 6.42 Å². The number of hydrogen-bond donors (Lipinski definition) is 3. The van der Waals surface area contributed by atoms with E-state index in [1.54, 1.807) is 5.38 Å². The van der Waals surface area contributed by atoms with Gasteiger partial charge >= 0.3 is 4.87 Å². The van der Waals surface area contributed by atoms with Crippen LogP contribution < -0.4 is 15.9 Å². The zero-order chi connectivity index (χ0) is 11.3. The molecule has 84 valence electrons. The van der Waals surface area contributed by atoms with Gasteiger partial charge in [0.25, 0.3) is 0 Å². The van der Waals surface area contributed by atoms with Crippen LogP contribution in [0, 0.1) is 5.92 Å². The molecule has 0 fully saturated rings. The smallest absolute Gasteiger partial charge is 0.304 e. The third-order valence-electron chi connectivity index (χ3n) is 2.17. The van der Waals surface area contributed by atoms with Crippen LogP contribution in [0.25, 0.3) is 0 Å². The van der Waals surface area contributed by atoms with Gasteiger partial charge < -0.3 is 16.0 Å². The van der Waals surface area contributed by atoms with Crippen LogP contribution in [0.1, 0.15) is 19.0 Å². The molecule has 4 N–H and O–H groups in total. The summed E-state index contributed by atoms with van der Waals surface area (Å²) >= 11 is 1.09. The van der Waals surface area contributed by atoms with Crippen molar-refractivity contribution in [2.45, 2.75) is 19.9 Å². The number of carbonyl (C=O) groups is 1. The van der Waals surface area contributed by atoms with Crippen molar-refractivity contribution in [3.63, 3.8) is 0 Å².